The van der Waals surface area contributed by atoms with Gasteiger partial charge in [-0.05, 0) is 0 Å². The van der Waals surface area contributed by atoms with E-state index in [9.17, 15) is 9.90 Å². The van der Waals surface area contributed by atoms with Gasteiger partial charge in [0.25, 0.3) is 0 Å². The van der Waals surface area contributed by atoms with Crippen molar-refractivity contribution in [3.63, 3.8) is 0 Å². The van der Waals surface area contributed by atoms with Crippen LogP contribution in [0.4, 0.5) is 0 Å². The molecule has 0 N–H and O–H groups in total. The summed E-state index contributed by atoms with van der Waals surface area (Å²) in [5, 5.41) is 9.62. The molecule has 0 radical (unpaired) electrons. The van der Waals surface area contributed by atoms with Gasteiger partial charge < -0.3 is 9.90 Å². The predicted octanol–water partition coefficient (Wildman–Crippen LogP) is -1.92. The summed E-state index contributed by atoms with van der Waals surface area (Å²) in [5.74, 6) is -1.10. The van der Waals surface area contributed by atoms with Gasteiger partial charge in [0.2, 0.25) is 0 Å². The Morgan fingerprint density at radius 2 is 2.43 bits per heavy atom. The molecular weight excluding hydrogens is 94.0 g/mol. The summed E-state index contributed by atoms with van der Waals surface area (Å²) in [6.07, 6.45) is 0. The first-order valence-electron chi connectivity index (χ1n) is 1.84. The molecule has 0 aliphatic rings. The Labute approximate surface area is 41.9 Å². The lowest BCUT2D eigenvalue weighted by atomic mass is 10.6. The van der Waals surface area contributed by atoms with Crippen LogP contribution >= 0.6 is 0 Å². The van der Waals surface area contributed by atoms with Gasteiger partial charge in [-0.2, -0.15) is 0 Å². The summed E-state index contributed by atoms with van der Waals surface area (Å²) in [6.45, 7) is 3.18. The van der Waals surface area contributed by atoms with E-state index in [2.05, 4.69) is 6.72 Å². The van der Waals surface area contributed by atoms with Gasteiger partial charge >= 0.3 is 0 Å². The van der Waals surface area contributed by atoms with E-state index in [1.54, 1.807) is 7.05 Å². The van der Waals surface area contributed by atoms with Crippen LogP contribution in [0.25, 0.3) is 0 Å². The zero-order valence-electron chi connectivity index (χ0n) is 4.18. The Hall–Kier alpha value is -0.860. The number of carbonyl (C=O) groups excluding carboxylic acids is 1. The van der Waals surface area contributed by atoms with Gasteiger partial charge in [0.1, 0.15) is 19.7 Å². The molecular formula is C4H7NO2. The molecule has 0 saturated heterocycles. The standard InChI is InChI=1S/C4H7NO2/c1-5(2)3-4(6)7/h1,3H2,2H3. The van der Waals surface area contributed by atoms with Crippen molar-refractivity contribution < 1.29 is 14.5 Å². The Balaban J connectivity index is 3.32. The minimum absolute atomic E-state index is 0.111. The van der Waals surface area contributed by atoms with Crippen molar-refractivity contribution in [2.45, 2.75) is 0 Å². The monoisotopic (exact) mass is 101 g/mol. The molecule has 0 amide bonds. The summed E-state index contributed by atoms with van der Waals surface area (Å²) in [5.41, 5.74) is 0. The molecule has 0 aromatic carbocycles. The van der Waals surface area contributed by atoms with Gasteiger partial charge in [-0.15, -0.1) is 0 Å². The normalized spacial score (nSPS) is 8.14. The molecule has 0 saturated carbocycles. The largest absolute Gasteiger partial charge is 0.544 e. The van der Waals surface area contributed by atoms with Crippen LogP contribution in [0.3, 0.4) is 0 Å². The van der Waals surface area contributed by atoms with Crippen molar-refractivity contribution in [1.29, 1.82) is 0 Å². The third kappa shape index (κ3) is 5.14. The van der Waals surface area contributed by atoms with E-state index < -0.39 is 5.97 Å². The van der Waals surface area contributed by atoms with Gasteiger partial charge in [0.05, 0.1) is 0 Å². The van der Waals surface area contributed by atoms with Crippen LogP contribution in [0, 0.1) is 0 Å². The van der Waals surface area contributed by atoms with Crippen LogP contribution in [0.5, 0.6) is 0 Å². The fourth-order valence-corrected chi connectivity index (χ4v) is 0.220. The van der Waals surface area contributed by atoms with Crippen molar-refractivity contribution in [1.82, 2.24) is 0 Å². The van der Waals surface area contributed by atoms with Gasteiger partial charge in [-0.25, -0.2) is 4.58 Å². The highest BCUT2D eigenvalue weighted by Crippen LogP contribution is 1.57. The van der Waals surface area contributed by atoms with E-state index in [0.717, 1.165) is 0 Å². The molecule has 0 rings (SSSR count). The Bertz CT molecular complexity index is 85.9. The summed E-state index contributed by atoms with van der Waals surface area (Å²) < 4.78 is 1.29. The molecule has 0 atom stereocenters. The second kappa shape index (κ2) is 2.34. The molecule has 0 bridgehead atoms. The SMILES string of the molecule is C=[N+](C)CC(=O)[O-]. The lowest BCUT2D eigenvalue weighted by Gasteiger charge is -1.92. The van der Waals surface area contributed by atoms with Crippen LogP contribution in [-0.2, 0) is 4.79 Å². The highest BCUT2D eigenvalue weighted by molar-refractivity contribution is 5.65. The molecule has 0 aromatic heterocycles. The van der Waals surface area contributed by atoms with Gasteiger partial charge in [0.15, 0.2) is 6.54 Å². The zero-order valence-corrected chi connectivity index (χ0v) is 4.18. The minimum Gasteiger partial charge on any atom is -0.544 e. The van der Waals surface area contributed by atoms with E-state index >= 15 is 0 Å². The highest BCUT2D eigenvalue weighted by Gasteiger charge is 1.87. The van der Waals surface area contributed by atoms with Crippen molar-refractivity contribution >= 4 is 12.7 Å². The Morgan fingerprint density at radius 1 is 2.00 bits per heavy atom. The first-order valence-corrected chi connectivity index (χ1v) is 1.84. The van der Waals surface area contributed by atoms with E-state index in [4.69, 9.17) is 0 Å². The van der Waals surface area contributed by atoms with Crippen LogP contribution in [0.2, 0.25) is 0 Å². The van der Waals surface area contributed by atoms with Gasteiger partial charge in [0, 0.05) is 0 Å². The average Bonchev–Trinajstić information content (AvgIpc) is 1.27. The first kappa shape index (κ1) is 6.14. The number of nitrogens with zero attached hydrogens (tertiary/aromatic N) is 1. The van der Waals surface area contributed by atoms with E-state index in [1.165, 1.54) is 4.58 Å². The minimum atomic E-state index is -1.10. The summed E-state index contributed by atoms with van der Waals surface area (Å²) >= 11 is 0. The second-order valence-electron chi connectivity index (χ2n) is 1.39. The maximum absolute atomic E-state index is 9.62. The lowest BCUT2D eigenvalue weighted by molar-refractivity contribution is -0.491. The fourth-order valence-electron chi connectivity index (χ4n) is 0.220. The van der Waals surface area contributed by atoms with E-state index in [-0.39, 0.29) is 6.54 Å². The molecule has 0 spiro atoms. The number of rotatable bonds is 2. The number of carboxylic acids is 1. The quantitative estimate of drug-likeness (QED) is 0.300. The number of hydrogen-bond acceptors (Lipinski definition) is 2. The molecule has 0 heterocycles. The summed E-state index contributed by atoms with van der Waals surface area (Å²) in [6, 6.07) is 0. The zero-order chi connectivity index (χ0) is 5.86. The number of carbonyl (C=O) groups is 1. The van der Waals surface area contributed by atoms with E-state index in [0.29, 0.717) is 0 Å². The summed E-state index contributed by atoms with van der Waals surface area (Å²) in [7, 11) is 1.57. The Morgan fingerprint density at radius 3 is 2.43 bits per heavy atom. The molecule has 3 heteroatoms. The van der Waals surface area contributed by atoms with Crippen molar-refractivity contribution in [3.8, 4) is 0 Å². The van der Waals surface area contributed by atoms with Crippen LogP contribution in [0.1, 0.15) is 0 Å². The molecule has 0 aliphatic carbocycles. The molecule has 40 valence electrons. The van der Waals surface area contributed by atoms with Crippen LogP contribution in [0.15, 0.2) is 0 Å². The number of hydrogen-bond donors (Lipinski definition) is 0. The maximum atomic E-state index is 9.62. The average molecular weight is 101 g/mol. The number of likely N-dealkylation sites (N-methyl/N-ethyl adjacent to an activating group) is 1. The Kier molecular flexibility index (Phi) is 2.05. The molecule has 3 nitrogen and oxygen atoms in total. The van der Waals surface area contributed by atoms with Crippen LogP contribution < -0.4 is 5.11 Å². The fraction of sp³-hybridized carbons (Fsp3) is 0.500. The molecule has 0 fully saturated rings. The topological polar surface area (TPSA) is 43.1 Å². The third-order valence-corrected chi connectivity index (χ3v) is 0.399. The van der Waals surface area contributed by atoms with Crippen molar-refractivity contribution in [2.75, 3.05) is 13.6 Å². The highest BCUT2D eigenvalue weighted by atomic mass is 16.4. The second-order valence-corrected chi connectivity index (χ2v) is 1.39. The molecule has 0 unspecified atom stereocenters. The van der Waals surface area contributed by atoms with Gasteiger partial charge in [-0.1, -0.05) is 0 Å². The first-order chi connectivity index (χ1) is 3.13. The van der Waals surface area contributed by atoms with Crippen LogP contribution in [-0.4, -0.2) is 30.9 Å². The molecule has 0 aliphatic heterocycles. The number of carboxylic acid groups (broad SMARTS) is 1. The maximum Gasteiger partial charge on any atom is 0.181 e. The predicted molar refractivity (Wildman–Crippen MR) is 23.2 cm³/mol. The van der Waals surface area contributed by atoms with Crippen molar-refractivity contribution in [3.05, 3.63) is 0 Å². The molecule has 7 heavy (non-hydrogen) atoms. The summed E-state index contributed by atoms with van der Waals surface area (Å²) in [4.78, 5) is 9.62. The van der Waals surface area contributed by atoms with Crippen molar-refractivity contribution in [2.24, 2.45) is 0 Å². The van der Waals surface area contributed by atoms with E-state index in [1.807, 2.05) is 0 Å². The van der Waals surface area contributed by atoms with Gasteiger partial charge in [-0.3, -0.25) is 0 Å². The number of aliphatic carboxylic acids is 1. The third-order valence-electron chi connectivity index (χ3n) is 0.399. The lowest BCUT2D eigenvalue weighted by Crippen LogP contribution is -2.30. The smallest absolute Gasteiger partial charge is 0.181 e. The molecule has 0 aromatic rings.